The first-order valence-electron chi connectivity index (χ1n) is 9.14. The summed E-state index contributed by atoms with van der Waals surface area (Å²) < 4.78 is 11.2. The average Bonchev–Trinajstić information content (AvgIpc) is 3.29. The van der Waals surface area contributed by atoms with Crippen LogP contribution in [0.1, 0.15) is 16.0 Å². The maximum atomic E-state index is 11.8. The third-order valence-corrected chi connectivity index (χ3v) is 5.14. The molecule has 0 fully saturated rings. The lowest BCUT2D eigenvalue weighted by molar-refractivity contribution is -0.125. The number of ether oxygens (including phenoxy) is 2. The van der Waals surface area contributed by atoms with Crippen molar-refractivity contribution in [1.29, 1.82) is 0 Å². The molecule has 0 bridgehead atoms. The van der Waals surface area contributed by atoms with Gasteiger partial charge in [0.1, 0.15) is 6.61 Å². The first-order valence-corrected chi connectivity index (χ1v) is 10.4. The van der Waals surface area contributed by atoms with Gasteiger partial charge in [-0.2, -0.15) is 0 Å². The summed E-state index contributed by atoms with van der Waals surface area (Å²) in [6.45, 7) is 0.726. The van der Waals surface area contributed by atoms with Crippen LogP contribution in [0.15, 0.2) is 65.1 Å². The Hall–Kier alpha value is -3.03. The third-order valence-electron chi connectivity index (χ3n) is 4.01. The fourth-order valence-corrected chi connectivity index (χ4v) is 3.24. The smallest absolute Gasteiger partial charge is 0.261 e. The summed E-state index contributed by atoms with van der Waals surface area (Å²) in [4.78, 5) is 17.9. The Labute approximate surface area is 184 Å². The maximum absolute atomic E-state index is 11.8. The molecule has 0 spiro atoms. The van der Waals surface area contributed by atoms with E-state index in [4.69, 9.17) is 25.9 Å². The van der Waals surface area contributed by atoms with Crippen molar-refractivity contribution in [3.63, 3.8) is 0 Å². The van der Waals surface area contributed by atoms with Gasteiger partial charge < -0.3 is 19.6 Å². The van der Waals surface area contributed by atoms with E-state index in [2.05, 4.69) is 10.5 Å². The molecule has 1 amide bonds. The Balaban J connectivity index is 1.47. The molecule has 0 saturated heterocycles. The quantitative estimate of drug-likeness (QED) is 0.365. The summed E-state index contributed by atoms with van der Waals surface area (Å²) in [5, 5.41) is 9.26. The summed E-state index contributed by atoms with van der Waals surface area (Å²) in [5.41, 5.74) is 1.75. The van der Waals surface area contributed by atoms with E-state index in [9.17, 15) is 4.79 Å². The highest BCUT2D eigenvalue weighted by Gasteiger charge is 2.06. The van der Waals surface area contributed by atoms with Crippen molar-refractivity contribution in [2.45, 2.75) is 13.2 Å². The molecule has 1 aromatic heterocycles. The molecule has 0 radical (unpaired) electrons. The highest BCUT2D eigenvalue weighted by molar-refractivity contribution is 7.09. The number of hydrogen-bond donors (Lipinski definition) is 1. The van der Waals surface area contributed by atoms with Gasteiger partial charge in [-0.25, -0.2) is 0 Å². The van der Waals surface area contributed by atoms with E-state index >= 15 is 0 Å². The van der Waals surface area contributed by atoms with Crippen LogP contribution < -0.4 is 14.8 Å². The molecule has 0 atom stereocenters. The van der Waals surface area contributed by atoms with E-state index in [-0.39, 0.29) is 12.5 Å². The standard InChI is InChI=1S/C22H21ClN2O4S/c1-27-21-11-17(6-9-20(21)28-14-16-4-7-18(23)8-5-16)12-25-29-15-22(26)24-13-19-3-2-10-30-19/h2-12H,13-15H2,1H3,(H,24,26)/b25-12+. The normalized spacial score (nSPS) is 10.7. The first kappa shape index (κ1) is 21.7. The molecule has 3 rings (SSSR count). The lowest BCUT2D eigenvalue weighted by Gasteiger charge is -2.11. The largest absolute Gasteiger partial charge is 0.493 e. The molecule has 3 aromatic rings. The van der Waals surface area contributed by atoms with Crippen molar-refractivity contribution in [2.75, 3.05) is 13.7 Å². The van der Waals surface area contributed by atoms with Crippen LogP contribution in [0, 0.1) is 0 Å². The van der Waals surface area contributed by atoms with Crippen LogP contribution in [0.25, 0.3) is 0 Å². The van der Waals surface area contributed by atoms with Gasteiger partial charge in [-0.05, 0) is 47.3 Å². The lowest BCUT2D eigenvalue weighted by atomic mass is 10.2. The maximum Gasteiger partial charge on any atom is 0.261 e. The molecule has 156 valence electrons. The van der Waals surface area contributed by atoms with Crippen LogP contribution in [0.3, 0.4) is 0 Å². The minimum atomic E-state index is -0.232. The van der Waals surface area contributed by atoms with E-state index in [1.54, 1.807) is 30.6 Å². The summed E-state index contributed by atoms with van der Waals surface area (Å²) in [5.74, 6) is 0.948. The molecule has 8 heteroatoms. The zero-order chi connectivity index (χ0) is 21.2. The van der Waals surface area contributed by atoms with Crippen molar-refractivity contribution in [1.82, 2.24) is 5.32 Å². The van der Waals surface area contributed by atoms with Gasteiger partial charge in [0.15, 0.2) is 18.1 Å². The van der Waals surface area contributed by atoms with Gasteiger partial charge >= 0.3 is 0 Å². The van der Waals surface area contributed by atoms with Crippen molar-refractivity contribution >= 4 is 35.1 Å². The van der Waals surface area contributed by atoms with Crippen LogP contribution >= 0.6 is 22.9 Å². The zero-order valence-electron chi connectivity index (χ0n) is 16.3. The molecule has 0 unspecified atom stereocenters. The molecule has 0 saturated carbocycles. The molecular formula is C22H21ClN2O4S. The minimum Gasteiger partial charge on any atom is -0.493 e. The van der Waals surface area contributed by atoms with Crippen LogP contribution in [0.5, 0.6) is 11.5 Å². The zero-order valence-corrected chi connectivity index (χ0v) is 17.9. The Bertz CT molecular complexity index is 975. The first-order chi connectivity index (χ1) is 14.6. The van der Waals surface area contributed by atoms with E-state index in [0.717, 1.165) is 16.0 Å². The fraction of sp³-hybridized carbons (Fsp3) is 0.182. The predicted octanol–water partition coefficient (Wildman–Crippen LogP) is 4.66. The number of amides is 1. The second kappa shape index (κ2) is 11.2. The van der Waals surface area contributed by atoms with E-state index < -0.39 is 0 Å². The fourth-order valence-electron chi connectivity index (χ4n) is 2.47. The summed E-state index contributed by atoms with van der Waals surface area (Å²) in [7, 11) is 1.57. The summed E-state index contributed by atoms with van der Waals surface area (Å²) in [6, 6.07) is 16.7. The molecule has 2 aromatic carbocycles. The van der Waals surface area contributed by atoms with E-state index in [1.165, 1.54) is 6.21 Å². The SMILES string of the molecule is COc1cc(/C=N/OCC(=O)NCc2cccs2)ccc1OCc1ccc(Cl)cc1. The Morgan fingerprint density at radius 2 is 2.00 bits per heavy atom. The van der Waals surface area contributed by atoms with Crippen LogP contribution in [-0.2, 0) is 22.8 Å². The van der Waals surface area contributed by atoms with Crippen molar-refractivity contribution in [3.8, 4) is 11.5 Å². The number of carbonyl (C=O) groups excluding carboxylic acids is 1. The molecule has 1 heterocycles. The monoisotopic (exact) mass is 444 g/mol. The van der Waals surface area contributed by atoms with E-state index in [1.807, 2.05) is 47.8 Å². The molecular weight excluding hydrogens is 424 g/mol. The Morgan fingerprint density at radius 1 is 1.17 bits per heavy atom. The number of carbonyl (C=O) groups is 1. The Kier molecular flexibility index (Phi) is 8.11. The highest BCUT2D eigenvalue weighted by Crippen LogP contribution is 2.28. The summed E-state index contributed by atoms with van der Waals surface area (Å²) >= 11 is 7.48. The van der Waals surface area contributed by atoms with Crippen molar-refractivity contribution in [3.05, 3.63) is 81.0 Å². The topological polar surface area (TPSA) is 69.2 Å². The summed E-state index contributed by atoms with van der Waals surface area (Å²) in [6.07, 6.45) is 1.51. The molecule has 30 heavy (non-hydrogen) atoms. The second-order valence-electron chi connectivity index (χ2n) is 6.19. The minimum absolute atomic E-state index is 0.151. The molecule has 0 aliphatic heterocycles. The van der Waals surface area contributed by atoms with Crippen molar-refractivity contribution in [2.24, 2.45) is 5.16 Å². The number of hydrogen-bond acceptors (Lipinski definition) is 6. The average molecular weight is 445 g/mol. The molecule has 0 aliphatic carbocycles. The number of benzene rings is 2. The van der Waals surface area contributed by atoms with Gasteiger partial charge in [0.05, 0.1) is 19.9 Å². The lowest BCUT2D eigenvalue weighted by Crippen LogP contribution is -2.26. The number of halogens is 1. The number of thiophene rings is 1. The van der Waals surface area contributed by atoms with Gasteiger partial charge in [0.2, 0.25) is 0 Å². The van der Waals surface area contributed by atoms with Crippen LogP contribution in [0.2, 0.25) is 5.02 Å². The Morgan fingerprint density at radius 3 is 2.73 bits per heavy atom. The van der Waals surface area contributed by atoms with Gasteiger partial charge in [-0.15, -0.1) is 11.3 Å². The molecule has 0 aliphatic rings. The highest BCUT2D eigenvalue weighted by atomic mass is 35.5. The van der Waals surface area contributed by atoms with Gasteiger partial charge in [-0.1, -0.05) is 35.0 Å². The van der Waals surface area contributed by atoms with Gasteiger partial charge in [-0.3, -0.25) is 4.79 Å². The number of nitrogens with zero attached hydrogens (tertiary/aromatic N) is 1. The van der Waals surface area contributed by atoms with Crippen LogP contribution in [-0.4, -0.2) is 25.8 Å². The van der Waals surface area contributed by atoms with Crippen LogP contribution in [0.4, 0.5) is 0 Å². The number of rotatable bonds is 10. The molecule has 1 N–H and O–H groups in total. The molecule has 6 nitrogen and oxygen atoms in total. The van der Waals surface area contributed by atoms with E-state index in [0.29, 0.717) is 29.7 Å². The number of methoxy groups -OCH3 is 1. The van der Waals surface area contributed by atoms with Gasteiger partial charge in [0.25, 0.3) is 5.91 Å². The van der Waals surface area contributed by atoms with Gasteiger partial charge in [0, 0.05) is 15.5 Å². The second-order valence-corrected chi connectivity index (χ2v) is 7.66. The third kappa shape index (κ3) is 6.79. The van der Waals surface area contributed by atoms with Crippen molar-refractivity contribution < 1.29 is 19.1 Å². The number of oxime groups is 1. The predicted molar refractivity (Wildman–Crippen MR) is 118 cm³/mol. The number of nitrogens with one attached hydrogen (secondary N) is 1.